The summed E-state index contributed by atoms with van der Waals surface area (Å²) in [7, 11) is 0. The first kappa shape index (κ1) is 10.4. The maximum absolute atomic E-state index is 11.8. The fourth-order valence-electron chi connectivity index (χ4n) is 2.18. The molecule has 0 saturated carbocycles. The summed E-state index contributed by atoms with van der Waals surface area (Å²) in [6.07, 6.45) is 2.13. The maximum Gasteiger partial charge on any atom is 0.243 e. The monoisotopic (exact) mass is 211 g/mol. The Balaban J connectivity index is 2.02. The number of hydrogen-bond acceptors (Lipinski definition) is 3. The van der Waals surface area contributed by atoms with E-state index in [0.717, 1.165) is 19.4 Å². The quantitative estimate of drug-likeness (QED) is 0.662. The fourth-order valence-corrected chi connectivity index (χ4v) is 2.18. The van der Waals surface area contributed by atoms with Crippen LogP contribution in [0.4, 0.5) is 0 Å². The van der Waals surface area contributed by atoms with Crippen LogP contribution in [-0.4, -0.2) is 54.0 Å². The van der Waals surface area contributed by atoms with Crippen molar-refractivity contribution in [3.05, 3.63) is 0 Å². The summed E-state index contributed by atoms with van der Waals surface area (Å²) in [5.41, 5.74) is 0. The minimum Gasteiger partial charge on any atom is -0.332 e. The number of hydrogen-bond donors (Lipinski definition) is 1. The van der Waals surface area contributed by atoms with Gasteiger partial charge in [-0.2, -0.15) is 0 Å². The van der Waals surface area contributed by atoms with Crippen molar-refractivity contribution in [3.8, 4) is 0 Å². The molecular formula is C10H17N3O2. The van der Waals surface area contributed by atoms with Crippen molar-refractivity contribution < 1.29 is 9.59 Å². The van der Waals surface area contributed by atoms with E-state index >= 15 is 0 Å². The molecule has 2 aliphatic rings. The molecule has 1 N–H and O–H groups in total. The third-order valence-corrected chi connectivity index (χ3v) is 3.10. The minimum atomic E-state index is 0.0609. The SMILES string of the molecule is CCN1CC(=O)N(C2CCCN2)CC1=O. The Morgan fingerprint density at radius 1 is 1.33 bits per heavy atom. The van der Waals surface area contributed by atoms with E-state index in [1.54, 1.807) is 9.80 Å². The molecule has 2 amide bonds. The van der Waals surface area contributed by atoms with Gasteiger partial charge >= 0.3 is 0 Å². The van der Waals surface area contributed by atoms with Gasteiger partial charge in [-0.3, -0.25) is 14.9 Å². The fraction of sp³-hybridized carbons (Fsp3) is 0.800. The van der Waals surface area contributed by atoms with Crippen molar-refractivity contribution in [2.24, 2.45) is 0 Å². The molecule has 0 aromatic rings. The largest absolute Gasteiger partial charge is 0.332 e. The van der Waals surface area contributed by atoms with E-state index in [2.05, 4.69) is 5.32 Å². The number of nitrogens with one attached hydrogen (secondary N) is 1. The van der Waals surface area contributed by atoms with Crippen LogP contribution >= 0.6 is 0 Å². The van der Waals surface area contributed by atoms with E-state index in [4.69, 9.17) is 0 Å². The van der Waals surface area contributed by atoms with E-state index in [0.29, 0.717) is 6.54 Å². The smallest absolute Gasteiger partial charge is 0.243 e. The Hall–Kier alpha value is -1.10. The van der Waals surface area contributed by atoms with Gasteiger partial charge in [-0.15, -0.1) is 0 Å². The summed E-state index contributed by atoms with van der Waals surface area (Å²) in [6.45, 7) is 3.95. The molecule has 0 radical (unpaired) electrons. The third kappa shape index (κ3) is 1.97. The van der Waals surface area contributed by atoms with Gasteiger partial charge in [-0.1, -0.05) is 0 Å². The Morgan fingerprint density at radius 2 is 2.13 bits per heavy atom. The van der Waals surface area contributed by atoms with Gasteiger partial charge in [-0.25, -0.2) is 0 Å². The molecule has 2 aliphatic heterocycles. The van der Waals surface area contributed by atoms with Crippen molar-refractivity contribution in [1.82, 2.24) is 15.1 Å². The van der Waals surface area contributed by atoms with Gasteiger partial charge in [0.2, 0.25) is 11.8 Å². The van der Waals surface area contributed by atoms with Crippen molar-refractivity contribution in [1.29, 1.82) is 0 Å². The number of rotatable bonds is 2. The lowest BCUT2D eigenvalue weighted by Crippen LogP contribution is -2.58. The molecule has 2 heterocycles. The zero-order valence-corrected chi connectivity index (χ0v) is 9.03. The number of nitrogens with zero attached hydrogens (tertiary/aromatic N) is 2. The highest BCUT2D eigenvalue weighted by Gasteiger charge is 2.34. The zero-order valence-electron chi connectivity index (χ0n) is 9.03. The van der Waals surface area contributed by atoms with Crippen molar-refractivity contribution in [2.75, 3.05) is 26.2 Å². The van der Waals surface area contributed by atoms with Gasteiger partial charge in [0.1, 0.15) is 6.54 Å². The number of likely N-dealkylation sites (N-methyl/N-ethyl adjacent to an activating group) is 1. The van der Waals surface area contributed by atoms with E-state index in [1.807, 2.05) is 6.92 Å². The Kier molecular flexibility index (Phi) is 2.90. The lowest BCUT2D eigenvalue weighted by molar-refractivity contribution is -0.152. The van der Waals surface area contributed by atoms with E-state index in [9.17, 15) is 9.59 Å². The molecule has 84 valence electrons. The van der Waals surface area contributed by atoms with Crippen LogP contribution in [-0.2, 0) is 9.59 Å². The van der Waals surface area contributed by atoms with Crippen LogP contribution in [0.5, 0.6) is 0 Å². The summed E-state index contributed by atoms with van der Waals surface area (Å²) in [6, 6.07) is 0. The van der Waals surface area contributed by atoms with Crippen molar-refractivity contribution in [3.63, 3.8) is 0 Å². The second kappa shape index (κ2) is 4.18. The number of piperazine rings is 1. The molecule has 0 aliphatic carbocycles. The first-order valence-corrected chi connectivity index (χ1v) is 5.53. The van der Waals surface area contributed by atoms with Crippen LogP contribution in [0, 0.1) is 0 Å². The Labute approximate surface area is 89.4 Å². The van der Waals surface area contributed by atoms with Gasteiger partial charge in [0, 0.05) is 6.54 Å². The summed E-state index contributed by atoms with van der Waals surface area (Å²) in [5.74, 6) is 0.127. The molecule has 2 saturated heterocycles. The topological polar surface area (TPSA) is 52.7 Å². The molecular weight excluding hydrogens is 194 g/mol. The van der Waals surface area contributed by atoms with Crippen LogP contribution in [0.15, 0.2) is 0 Å². The van der Waals surface area contributed by atoms with Crippen LogP contribution in [0.25, 0.3) is 0 Å². The second-order valence-electron chi connectivity index (χ2n) is 4.04. The van der Waals surface area contributed by atoms with Gasteiger partial charge in [0.15, 0.2) is 0 Å². The maximum atomic E-state index is 11.8. The highest BCUT2D eigenvalue weighted by molar-refractivity contribution is 5.92. The van der Waals surface area contributed by atoms with Gasteiger partial charge in [0.25, 0.3) is 0 Å². The second-order valence-corrected chi connectivity index (χ2v) is 4.04. The highest BCUT2D eigenvalue weighted by Crippen LogP contribution is 2.14. The minimum absolute atomic E-state index is 0.0609. The molecule has 0 spiro atoms. The van der Waals surface area contributed by atoms with Crippen LogP contribution in [0.3, 0.4) is 0 Å². The number of amides is 2. The number of carbonyl (C=O) groups excluding carboxylic acids is 2. The lowest BCUT2D eigenvalue weighted by atomic mass is 10.2. The third-order valence-electron chi connectivity index (χ3n) is 3.10. The normalized spacial score (nSPS) is 27.7. The van der Waals surface area contributed by atoms with Gasteiger partial charge < -0.3 is 9.80 Å². The van der Waals surface area contributed by atoms with Crippen molar-refractivity contribution in [2.45, 2.75) is 25.9 Å². The van der Waals surface area contributed by atoms with Crippen LogP contribution in [0.1, 0.15) is 19.8 Å². The standard InChI is InChI=1S/C10H17N3O2/c1-2-12-6-10(15)13(7-9(12)14)8-4-3-5-11-8/h8,11H,2-7H2,1H3. The molecule has 2 rings (SSSR count). The summed E-state index contributed by atoms with van der Waals surface area (Å²) < 4.78 is 0. The van der Waals surface area contributed by atoms with Crippen LogP contribution in [0.2, 0.25) is 0 Å². The molecule has 0 aromatic carbocycles. The molecule has 0 bridgehead atoms. The summed E-state index contributed by atoms with van der Waals surface area (Å²) in [5, 5.41) is 3.24. The predicted octanol–water partition coefficient (Wildman–Crippen LogP) is -0.613. The molecule has 15 heavy (non-hydrogen) atoms. The van der Waals surface area contributed by atoms with Gasteiger partial charge in [-0.05, 0) is 26.3 Å². The average molecular weight is 211 g/mol. The zero-order chi connectivity index (χ0) is 10.8. The Bertz CT molecular complexity index is 274. The van der Waals surface area contributed by atoms with Crippen molar-refractivity contribution >= 4 is 11.8 Å². The summed E-state index contributed by atoms with van der Waals surface area (Å²) >= 11 is 0. The molecule has 1 atom stereocenters. The molecule has 2 fully saturated rings. The molecule has 0 aromatic heterocycles. The molecule has 1 unspecified atom stereocenters. The first-order chi connectivity index (χ1) is 7.22. The predicted molar refractivity (Wildman–Crippen MR) is 55.0 cm³/mol. The average Bonchev–Trinajstić information content (AvgIpc) is 2.74. The van der Waals surface area contributed by atoms with E-state index < -0.39 is 0 Å². The van der Waals surface area contributed by atoms with Crippen LogP contribution < -0.4 is 5.32 Å². The number of carbonyl (C=O) groups is 2. The molecule has 5 heteroatoms. The lowest BCUT2D eigenvalue weighted by Gasteiger charge is -2.36. The van der Waals surface area contributed by atoms with Gasteiger partial charge in [0.05, 0.1) is 12.7 Å². The van der Waals surface area contributed by atoms with E-state index in [-0.39, 0.29) is 31.1 Å². The summed E-state index contributed by atoms with van der Waals surface area (Å²) in [4.78, 5) is 26.7. The molecule has 5 nitrogen and oxygen atoms in total. The first-order valence-electron chi connectivity index (χ1n) is 5.53. The van der Waals surface area contributed by atoms with E-state index in [1.165, 1.54) is 0 Å². The Morgan fingerprint density at radius 3 is 2.73 bits per heavy atom. The highest BCUT2D eigenvalue weighted by atomic mass is 16.2.